The minimum atomic E-state index is -3.52. The molecule has 0 unspecified atom stereocenters. The summed E-state index contributed by atoms with van der Waals surface area (Å²) in [5.74, 6) is -0.578. The van der Waals surface area contributed by atoms with Gasteiger partial charge in [0.05, 0.1) is 29.6 Å². The lowest BCUT2D eigenvalue weighted by Crippen LogP contribution is -2.25. The minimum Gasteiger partial charge on any atom is -0.483 e. The van der Waals surface area contributed by atoms with Crippen molar-refractivity contribution in [3.8, 4) is 5.06 Å². The molecule has 176 valence electrons. The molecule has 1 aliphatic rings. The van der Waals surface area contributed by atoms with E-state index in [1.54, 1.807) is 0 Å². The number of hydrogen-bond acceptors (Lipinski definition) is 10. The Morgan fingerprint density at radius 1 is 1.41 bits per heavy atom. The molecule has 1 aromatic carbocycles. The zero-order valence-corrected chi connectivity index (χ0v) is 19.2. The van der Waals surface area contributed by atoms with Crippen LogP contribution in [-0.4, -0.2) is 68.4 Å². The molecule has 1 aliphatic heterocycles. The minimum absolute atomic E-state index is 0. The number of aliphatic hydroxyl groups is 1. The number of carbonyl (C=O) groups excluding carboxylic acids is 1. The number of carbonyl (C=O) groups is 1. The highest BCUT2D eigenvalue weighted by atomic mass is 32.2. The van der Waals surface area contributed by atoms with Crippen molar-refractivity contribution in [2.75, 3.05) is 38.4 Å². The Morgan fingerprint density at radius 3 is 2.84 bits per heavy atom. The third kappa shape index (κ3) is 6.03. The van der Waals surface area contributed by atoms with Crippen LogP contribution in [0.3, 0.4) is 0 Å². The third-order valence-corrected chi connectivity index (χ3v) is 7.54. The van der Waals surface area contributed by atoms with Gasteiger partial charge < -0.3 is 19.4 Å². The summed E-state index contributed by atoms with van der Waals surface area (Å²) in [6.45, 7) is 2.96. The lowest BCUT2D eigenvalue weighted by atomic mass is 10.1. The number of anilines is 1. The topological polar surface area (TPSA) is 136 Å². The first-order valence-corrected chi connectivity index (χ1v) is 12.4. The molecule has 0 saturated carbocycles. The second-order valence-electron chi connectivity index (χ2n) is 6.78. The fraction of sp³-hybridized carbons (Fsp3) is 0.450. The number of rotatable bonds is 11. The van der Waals surface area contributed by atoms with Crippen molar-refractivity contribution < 1.29 is 34.1 Å². The van der Waals surface area contributed by atoms with E-state index in [-0.39, 0.29) is 31.9 Å². The van der Waals surface area contributed by atoms with E-state index in [1.165, 1.54) is 30.5 Å². The summed E-state index contributed by atoms with van der Waals surface area (Å²) in [7, 11) is -3.52. The maximum atomic E-state index is 12.9. The second kappa shape index (κ2) is 11.4. The number of thiazole rings is 1. The molecule has 1 amide bonds. The van der Waals surface area contributed by atoms with Crippen molar-refractivity contribution in [1.82, 2.24) is 4.98 Å². The lowest BCUT2D eigenvalue weighted by Gasteiger charge is -2.11. The standard InChI is InChI=1S/C20H25N3O7S2.H2/c1-2-29-17-12-21-20(31-17)22-19(25)18(23-30-10-3-9-24)14-4-6-15(7-5-14)32(26,27)16-8-11-28-13-16;/h4-7,12,16,24H,2-3,8-11,13H2,1H3,(H,21,22,25);1H/b23-18+;/t16-;/m0./s1. The first-order chi connectivity index (χ1) is 15.5. The second-order valence-corrected chi connectivity index (χ2v) is 10.00. The number of hydrogen-bond donors (Lipinski definition) is 2. The van der Waals surface area contributed by atoms with Gasteiger partial charge in [0.15, 0.2) is 25.7 Å². The Hall–Kier alpha value is -2.54. The highest BCUT2D eigenvalue weighted by molar-refractivity contribution is 7.92. The molecule has 0 spiro atoms. The van der Waals surface area contributed by atoms with Gasteiger partial charge in [-0.05, 0) is 25.5 Å². The van der Waals surface area contributed by atoms with E-state index in [0.29, 0.717) is 41.8 Å². The number of aromatic nitrogens is 1. The van der Waals surface area contributed by atoms with Crippen molar-refractivity contribution in [2.45, 2.75) is 29.9 Å². The molecule has 2 N–H and O–H groups in total. The summed E-state index contributed by atoms with van der Waals surface area (Å²) in [5, 5.41) is 15.8. The van der Waals surface area contributed by atoms with Crippen LogP contribution in [0.1, 0.15) is 26.8 Å². The zero-order valence-electron chi connectivity index (χ0n) is 17.5. The molecule has 32 heavy (non-hydrogen) atoms. The largest absolute Gasteiger partial charge is 0.483 e. The van der Waals surface area contributed by atoms with Crippen LogP contribution in [0, 0.1) is 0 Å². The highest BCUT2D eigenvalue weighted by Crippen LogP contribution is 2.26. The third-order valence-electron chi connectivity index (χ3n) is 4.54. The van der Waals surface area contributed by atoms with Crippen molar-refractivity contribution >= 4 is 37.9 Å². The van der Waals surface area contributed by atoms with Crippen LogP contribution in [0.4, 0.5) is 5.13 Å². The fourth-order valence-corrected chi connectivity index (χ4v) is 5.20. The van der Waals surface area contributed by atoms with Crippen LogP contribution >= 0.6 is 11.3 Å². The van der Waals surface area contributed by atoms with Crippen LogP contribution in [0.2, 0.25) is 0 Å². The zero-order chi connectivity index (χ0) is 23.0. The Balaban J connectivity index is 0.00000385. The van der Waals surface area contributed by atoms with Gasteiger partial charge in [-0.15, -0.1) is 0 Å². The first kappa shape index (κ1) is 24.1. The van der Waals surface area contributed by atoms with Crippen LogP contribution in [0.15, 0.2) is 40.5 Å². The maximum Gasteiger partial charge on any atom is 0.280 e. The van der Waals surface area contributed by atoms with E-state index >= 15 is 0 Å². The Bertz CT molecular complexity index is 1040. The molecular weight excluding hydrogens is 458 g/mol. The Kier molecular flexibility index (Phi) is 8.56. The first-order valence-electron chi connectivity index (χ1n) is 10.1. The summed E-state index contributed by atoms with van der Waals surface area (Å²) in [6.07, 6.45) is 2.31. The van der Waals surface area contributed by atoms with E-state index in [4.69, 9.17) is 19.4 Å². The van der Waals surface area contributed by atoms with E-state index in [1.807, 2.05) is 6.92 Å². The average Bonchev–Trinajstić information content (AvgIpc) is 3.47. The molecule has 1 saturated heterocycles. The number of nitrogens with zero attached hydrogens (tertiary/aromatic N) is 2. The number of oxime groups is 1. The molecule has 1 aromatic heterocycles. The predicted molar refractivity (Wildman–Crippen MR) is 121 cm³/mol. The molecule has 2 aromatic rings. The van der Waals surface area contributed by atoms with Gasteiger partial charge in [0.2, 0.25) is 0 Å². The van der Waals surface area contributed by atoms with E-state index in [9.17, 15) is 13.2 Å². The van der Waals surface area contributed by atoms with Crippen LogP contribution in [-0.2, 0) is 24.2 Å². The molecule has 0 aliphatic carbocycles. The number of amides is 1. The van der Waals surface area contributed by atoms with Gasteiger partial charge in [0.25, 0.3) is 5.91 Å². The number of sulfone groups is 1. The van der Waals surface area contributed by atoms with Gasteiger partial charge in [0, 0.05) is 26.6 Å². The van der Waals surface area contributed by atoms with E-state index < -0.39 is 21.0 Å². The molecule has 1 fully saturated rings. The molecule has 12 heteroatoms. The predicted octanol–water partition coefficient (Wildman–Crippen LogP) is 2.09. The molecule has 3 rings (SSSR count). The van der Waals surface area contributed by atoms with Crippen LogP contribution in [0.25, 0.3) is 0 Å². The summed E-state index contributed by atoms with van der Waals surface area (Å²) in [6, 6.07) is 5.89. The van der Waals surface area contributed by atoms with Gasteiger partial charge >= 0.3 is 0 Å². The van der Waals surface area contributed by atoms with Gasteiger partial charge in [0.1, 0.15) is 6.61 Å². The monoisotopic (exact) mass is 485 g/mol. The van der Waals surface area contributed by atoms with Gasteiger partial charge in [-0.1, -0.05) is 28.6 Å². The lowest BCUT2D eigenvalue weighted by molar-refractivity contribution is -0.110. The summed E-state index contributed by atoms with van der Waals surface area (Å²) in [5.41, 5.74) is 0.318. The molecule has 2 heterocycles. The van der Waals surface area contributed by atoms with Gasteiger partial charge in [-0.2, -0.15) is 0 Å². The summed E-state index contributed by atoms with van der Waals surface area (Å²) >= 11 is 1.16. The number of aliphatic hydroxyl groups excluding tert-OH is 1. The number of ether oxygens (including phenoxy) is 2. The maximum absolute atomic E-state index is 12.9. The molecule has 1 atom stereocenters. The SMILES string of the molecule is CCOc1cnc(NC(=O)/C(=N/OCCCO)c2ccc(S(=O)(=O)[C@H]3CCOC3)cc2)s1.[HH]. The molecule has 0 radical (unpaired) electrons. The summed E-state index contributed by atoms with van der Waals surface area (Å²) in [4.78, 5) is 22.3. The Labute approximate surface area is 191 Å². The average molecular weight is 486 g/mol. The van der Waals surface area contributed by atoms with Gasteiger partial charge in [-0.25, -0.2) is 13.4 Å². The van der Waals surface area contributed by atoms with E-state index in [0.717, 1.165) is 11.3 Å². The smallest absolute Gasteiger partial charge is 0.280 e. The van der Waals surface area contributed by atoms with E-state index in [2.05, 4.69) is 15.5 Å². The number of benzene rings is 1. The van der Waals surface area contributed by atoms with Crippen molar-refractivity contribution in [3.05, 3.63) is 36.0 Å². The van der Waals surface area contributed by atoms with Gasteiger partial charge in [-0.3, -0.25) is 10.1 Å². The highest BCUT2D eigenvalue weighted by Gasteiger charge is 2.31. The quantitative estimate of drug-likeness (QED) is 0.280. The van der Waals surface area contributed by atoms with Crippen LogP contribution in [0.5, 0.6) is 5.06 Å². The van der Waals surface area contributed by atoms with Crippen molar-refractivity contribution in [3.63, 3.8) is 0 Å². The fourth-order valence-electron chi connectivity index (χ4n) is 2.90. The van der Waals surface area contributed by atoms with Crippen molar-refractivity contribution in [1.29, 1.82) is 0 Å². The van der Waals surface area contributed by atoms with Crippen molar-refractivity contribution in [2.24, 2.45) is 5.16 Å². The molecular formula is C20H27N3O7S2. The molecule has 10 nitrogen and oxygen atoms in total. The summed E-state index contributed by atoms with van der Waals surface area (Å²) < 4.78 is 36.0. The number of nitrogens with one attached hydrogen (secondary N) is 1. The Morgan fingerprint density at radius 2 is 2.19 bits per heavy atom. The van der Waals surface area contributed by atoms with Crippen LogP contribution < -0.4 is 10.1 Å². The normalized spacial score (nSPS) is 16.7. The molecule has 0 bridgehead atoms.